The molecule has 2 aliphatic rings. The lowest BCUT2D eigenvalue weighted by atomic mass is 9.86. The molecule has 4 rings (SSSR count). The van der Waals surface area contributed by atoms with Crippen LogP contribution in [0.4, 0.5) is 23.2 Å². The molecule has 2 aliphatic heterocycles. The highest BCUT2D eigenvalue weighted by molar-refractivity contribution is 5.79. The van der Waals surface area contributed by atoms with Crippen molar-refractivity contribution in [1.29, 1.82) is 0 Å². The zero-order chi connectivity index (χ0) is 20.6. The van der Waals surface area contributed by atoms with Gasteiger partial charge in [0.05, 0.1) is 5.69 Å². The number of rotatable bonds is 3. The van der Waals surface area contributed by atoms with Gasteiger partial charge in [0.15, 0.2) is 11.6 Å². The van der Waals surface area contributed by atoms with Crippen LogP contribution in [-0.2, 0) is 4.79 Å². The molecule has 0 atom stereocenters. The number of nitrogens with one attached hydrogen (secondary N) is 1. The monoisotopic (exact) mass is 409 g/mol. The van der Waals surface area contributed by atoms with Crippen LogP contribution in [-0.4, -0.2) is 35.9 Å². The molecule has 1 spiro atoms. The van der Waals surface area contributed by atoms with Crippen molar-refractivity contribution < 1.29 is 27.1 Å². The van der Waals surface area contributed by atoms with Gasteiger partial charge in [-0.2, -0.15) is 0 Å². The summed E-state index contributed by atoms with van der Waals surface area (Å²) in [6.45, 7) is 1.52. The van der Waals surface area contributed by atoms with Crippen molar-refractivity contribution in [2.24, 2.45) is 0 Å². The van der Waals surface area contributed by atoms with Crippen molar-refractivity contribution in [3.63, 3.8) is 0 Å². The summed E-state index contributed by atoms with van der Waals surface area (Å²) < 4.78 is 54.6. The third kappa shape index (κ3) is 4.28. The Balaban J connectivity index is 1.49. The Morgan fingerprint density at radius 1 is 1.10 bits per heavy atom. The third-order valence-electron chi connectivity index (χ3n) is 5.52. The third-order valence-corrected chi connectivity index (χ3v) is 5.52. The minimum Gasteiger partial charge on any atom is -0.403 e. The Hall–Kier alpha value is -2.84. The molecule has 1 aromatic heterocycles. The van der Waals surface area contributed by atoms with Crippen molar-refractivity contribution in [2.45, 2.75) is 37.6 Å². The highest BCUT2D eigenvalue weighted by Crippen LogP contribution is 2.34. The van der Waals surface area contributed by atoms with E-state index < -0.39 is 17.9 Å². The number of carbonyl (C=O) groups excluding carboxylic acids is 1. The number of piperidine rings is 1. The zero-order valence-electron chi connectivity index (χ0n) is 15.4. The number of hydrogen-bond acceptors (Lipinski definition) is 4. The first-order chi connectivity index (χ1) is 13.7. The van der Waals surface area contributed by atoms with Gasteiger partial charge in [0.1, 0.15) is 0 Å². The summed E-state index contributed by atoms with van der Waals surface area (Å²) in [4.78, 5) is 17.9. The number of aromatic nitrogens is 1. The molecule has 29 heavy (non-hydrogen) atoms. The number of ether oxygens (including phenoxy) is 1. The molecule has 2 fully saturated rings. The van der Waals surface area contributed by atoms with Crippen molar-refractivity contribution in [3.05, 3.63) is 42.3 Å². The van der Waals surface area contributed by atoms with E-state index in [0.29, 0.717) is 17.7 Å². The molecule has 154 valence electrons. The Morgan fingerprint density at radius 3 is 2.48 bits per heavy atom. The topological polar surface area (TPSA) is 54.5 Å². The number of nitrogens with zero attached hydrogens (tertiary/aromatic N) is 2. The summed E-state index contributed by atoms with van der Waals surface area (Å²) in [6.07, 6.45) is -0.260. The van der Waals surface area contributed by atoms with E-state index >= 15 is 0 Å². The van der Waals surface area contributed by atoms with E-state index in [1.165, 1.54) is 6.07 Å². The minimum absolute atomic E-state index is 0.102. The molecule has 0 bridgehead atoms. The number of amides is 1. The molecule has 1 N–H and O–H groups in total. The lowest BCUT2D eigenvalue weighted by molar-refractivity contribution is -0.275. The van der Waals surface area contributed by atoms with Gasteiger partial charge in [-0.25, -0.2) is 4.39 Å². The largest absolute Gasteiger partial charge is 0.573 e. The lowest BCUT2D eigenvalue weighted by Crippen LogP contribution is -2.51. The highest BCUT2D eigenvalue weighted by Gasteiger charge is 2.40. The van der Waals surface area contributed by atoms with E-state index in [2.05, 4.69) is 19.9 Å². The Morgan fingerprint density at radius 2 is 1.86 bits per heavy atom. The van der Waals surface area contributed by atoms with Gasteiger partial charge in [-0.3, -0.25) is 9.78 Å². The molecule has 5 nitrogen and oxygen atoms in total. The second kappa shape index (κ2) is 7.20. The zero-order valence-corrected chi connectivity index (χ0v) is 15.4. The predicted molar refractivity (Wildman–Crippen MR) is 97.9 cm³/mol. The number of halogens is 4. The number of carbonyl (C=O) groups is 1. The summed E-state index contributed by atoms with van der Waals surface area (Å²) in [5.41, 5.74) is 1.59. The average molecular weight is 409 g/mol. The molecule has 3 heterocycles. The number of pyridine rings is 1. The predicted octanol–water partition coefficient (Wildman–Crippen LogP) is 4.04. The minimum atomic E-state index is -4.95. The number of hydrogen-bond donors (Lipinski definition) is 1. The van der Waals surface area contributed by atoms with Crippen LogP contribution in [0.3, 0.4) is 0 Å². The Bertz CT molecular complexity index is 924. The molecule has 2 saturated heterocycles. The fraction of sp³-hybridized carbons (Fsp3) is 0.400. The van der Waals surface area contributed by atoms with E-state index in [9.17, 15) is 22.4 Å². The fourth-order valence-corrected chi connectivity index (χ4v) is 3.98. The summed E-state index contributed by atoms with van der Waals surface area (Å²) in [5, 5.41) is 3.09. The SMILES string of the molecule is O=C1CCC2(CCN(c3ccnc(-c4ccc(OC(F)(F)F)c(F)c4)c3)CC2)N1. The molecule has 0 unspecified atom stereocenters. The van der Waals surface area contributed by atoms with Crippen LogP contribution in [0.25, 0.3) is 11.3 Å². The Kier molecular flexibility index (Phi) is 4.84. The first-order valence-corrected chi connectivity index (χ1v) is 9.31. The van der Waals surface area contributed by atoms with Crippen molar-refractivity contribution in [1.82, 2.24) is 10.3 Å². The van der Waals surface area contributed by atoms with Crippen LogP contribution in [0.15, 0.2) is 36.5 Å². The summed E-state index contributed by atoms with van der Waals surface area (Å²) in [7, 11) is 0. The molecular formula is C20H19F4N3O2. The van der Waals surface area contributed by atoms with Crippen LogP contribution in [0.2, 0.25) is 0 Å². The number of alkyl halides is 3. The maximum absolute atomic E-state index is 14.0. The summed E-state index contributed by atoms with van der Waals surface area (Å²) in [6, 6.07) is 6.89. The van der Waals surface area contributed by atoms with E-state index in [-0.39, 0.29) is 11.4 Å². The molecule has 0 aliphatic carbocycles. The van der Waals surface area contributed by atoms with Crippen LogP contribution in [0.5, 0.6) is 5.75 Å². The maximum Gasteiger partial charge on any atom is 0.573 e. The van der Waals surface area contributed by atoms with Gasteiger partial charge >= 0.3 is 6.36 Å². The van der Waals surface area contributed by atoms with Crippen LogP contribution >= 0.6 is 0 Å². The average Bonchev–Trinajstić information content (AvgIpc) is 3.03. The van der Waals surface area contributed by atoms with Gasteiger partial charge in [-0.05, 0) is 49.6 Å². The van der Waals surface area contributed by atoms with Crippen LogP contribution in [0, 0.1) is 5.82 Å². The van der Waals surface area contributed by atoms with E-state index in [4.69, 9.17) is 0 Å². The quantitative estimate of drug-likeness (QED) is 0.778. The van der Waals surface area contributed by atoms with Crippen molar-refractivity contribution in [2.75, 3.05) is 18.0 Å². The van der Waals surface area contributed by atoms with Gasteiger partial charge in [0, 0.05) is 42.5 Å². The van der Waals surface area contributed by atoms with Gasteiger partial charge in [-0.1, -0.05) is 0 Å². The fourth-order valence-electron chi connectivity index (χ4n) is 3.98. The van der Waals surface area contributed by atoms with E-state index in [0.717, 1.165) is 50.2 Å². The van der Waals surface area contributed by atoms with Gasteiger partial charge < -0.3 is 15.0 Å². The summed E-state index contributed by atoms with van der Waals surface area (Å²) >= 11 is 0. The van der Waals surface area contributed by atoms with E-state index in [1.54, 1.807) is 12.3 Å². The van der Waals surface area contributed by atoms with Gasteiger partial charge in [-0.15, -0.1) is 13.2 Å². The maximum atomic E-state index is 14.0. The molecule has 1 aromatic carbocycles. The molecule has 9 heteroatoms. The van der Waals surface area contributed by atoms with Crippen molar-refractivity contribution >= 4 is 11.6 Å². The van der Waals surface area contributed by atoms with Gasteiger partial charge in [0.2, 0.25) is 5.91 Å². The highest BCUT2D eigenvalue weighted by atomic mass is 19.4. The number of benzene rings is 1. The lowest BCUT2D eigenvalue weighted by Gasteiger charge is -2.40. The summed E-state index contributed by atoms with van der Waals surface area (Å²) in [5.74, 6) is -1.88. The number of anilines is 1. The second-order valence-corrected chi connectivity index (χ2v) is 7.41. The van der Waals surface area contributed by atoms with E-state index in [1.807, 2.05) is 6.07 Å². The van der Waals surface area contributed by atoms with Gasteiger partial charge in [0.25, 0.3) is 0 Å². The van der Waals surface area contributed by atoms with Crippen LogP contribution in [0.1, 0.15) is 25.7 Å². The Labute approximate surface area is 164 Å². The molecule has 0 radical (unpaired) electrons. The van der Waals surface area contributed by atoms with Crippen LogP contribution < -0.4 is 15.0 Å². The van der Waals surface area contributed by atoms with Crippen molar-refractivity contribution in [3.8, 4) is 17.0 Å². The smallest absolute Gasteiger partial charge is 0.403 e. The molecule has 0 saturated carbocycles. The first-order valence-electron chi connectivity index (χ1n) is 9.31. The normalized spacial score (nSPS) is 18.8. The second-order valence-electron chi connectivity index (χ2n) is 7.41. The standard InChI is InChI=1S/C20H19F4N3O2/c21-15-11-13(1-2-17(15)29-20(22,23)24)16-12-14(4-8-25-16)27-9-6-19(7-10-27)5-3-18(28)26-19/h1-2,4,8,11-12H,3,5-7,9-10H2,(H,26,28). The molecule has 2 aromatic rings. The first kappa shape index (κ1) is 19.5. The molecule has 1 amide bonds. The molecular weight excluding hydrogens is 390 g/mol.